The molecule has 0 spiro atoms. The van der Waals surface area contributed by atoms with Crippen molar-refractivity contribution in [2.75, 3.05) is 12.4 Å². The number of anilines is 1. The third-order valence-corrected chi connectivity index (χ3v) is 3.85. The summed E-state index contributed by atoms with van der Waals surface area (Å²) < 4.78 is 6.93. The molecule has 3 rings (SSSR count). The minimum atomic E-state index is -0.281. The fraction of sp³-hybridized carbons (Fsp3) is 0.133. The molecule has 0 aromatic heterocycles. The molecule has 0 fully saturated rings. The quantitative estimate of drug-likeness (QED) is 0.804. The van der Waals surface area contributed by atoms with Gasteiger partial charge in [0.05, 0.1) is 0 Å². The normalized spacial score (nSPS) is 16.7. The van der Waals surface area contributed by atoms with Crippen molar-refractivity contribution in [3.05, 3.63) is 51.6 Å². The number of nitrogens with one attached hydrogen (secondary N) is 2. The Balaban J connectivity index is 1.87. The van der Waals surface area contributed by atoms with Crippen LogP contribution in [0.15, 0.2) is 42.5 Å². The van der Waals surface area contributed by atoms with Crippen molar-refractivity contribution in [1.82, 2.24) is 5.32 Å². The van der Waals surface area contributed by atoms with Crippen molar-refractivity contribution in [2.24, 2.45) is 0 Å². The lowest BCUT2D eigenvalue weighted by Gasteiger charge is -2.09. The molecule has 2 aromatic carbocycles. The molecule has 2 N–H and O–H groups in total. The molecular formula is C15H13IN2O2. The zero-order chi connectivity index (χ0) is 14.1. The minimum absolute atomic E-state index is 0.0334. The number of hydrogen-bond acceptors (Lipinski definition) is 3. The molecule has 0 saturated heterocycles. The van der Waals surface area contributed by atoms with Crippen LogP contribution in [0.5, 0.6) is 11.5 Å². The van der Waals surface area contributed by atoms with E-state index in [2.05, 4.69) is 33.2 Å². The van der Waals surface area contributed by atoms with Crippen molar-refractivity contribution in [2.45, 2.75) is 6.04 Å². The summed E-state index contributed by atoms with van der Waals surface area (Å²) in [6.07, 6.45) is 0. The van der Waals surface area contributed by atoms with Gasteiger partial charge < -0.3 is 15.4 Å². The first-order valence-corrected chi connectivity index (χ1v) is 7.31. The number of amides is 1. The number of halogens is 1. The van der Waals surface area contributed by atoms with E-state index in [4.69, 9.17) is 4.74 Å². The molecule has 20 heavy (non-hydrogen) atoms. The van der Waals surface area contributed by atoms with E-state index >= 15 is 0 Å². The van der Waals surface area contributed by atoms with Crippen LogP contribution in [0.3, 0.4) is 0 Å². The predicted octanol–water partition coefficient (Wildman–Crippen LogP) is 3.30. The van der Waals surface area contributed by atoms with Crippen molar-refractivity contribution in [3.8, 4) is 11.5 Å². The first-order chi connectivity index (χ1) is 9.67. The smallest absolute Gasteiger partial charge is 0.246 e. The van der Waals surface area contributed by atoms with Gasteiger partial charge in [0.15, 0.2) is 0 Å². The Morgan fingerprint density at radius 1 is 1.20 bits per heavy atom. The Morgan fingerprint density at radius 2 is 2.00 bits per heavy atom. The molecule has 2 aromatic rings. The average Bonchev–Trinajstić information content (AvgIpc) is 2.73. The highest BCUT2D eigenvalue weighted by Crippen LogP contribution is 2.35. The maximum Gasteiger partial charge on any atom is 0.246 e. The van der Waals surface area contributed by atoms with Gasteiger partial charge in [-0.05, 0) is 53.9 Å². The van der Waals surface area contributed by atoms with E-state index in [9.17, 15) is 4.79 Å². The monoisotopic (exact) mass is 380 g/mol. The Hall–Kier alpha value is -1.60. The molecule has 1 atom stereocenters. The largest absolute Gasteiger partial charge is 0.457 e. The van der Waals surface area contributed by atoms with Crippen LogP contribution in [0.25, 0.3) is 0 Å². The van der Waals surface area contributed by atoms with Crippen LogP contribution in [-0.2, 0) is 4.79 Å². The second kappa shape index (κ2) is 5.41. The number of hydrogen-bond donors (Lipinski definition) is 2. The first kappa shape index (κ1) is 13.4. The van der Waals surface area contributed by atoms with E-state index in [1.165, 1.54) is 0 Å². The molecule has 1 heterocycles. The molecule has 0 saturated carbocycles. The summed E-state index contributed by atoms with van der Waals surface area (Å²) in [6, 6.07) is 13.2. The summed E-state index contributed by atoms with van der Waals surface area (Å²) in [5.74, 6) is 1.46. The Morgan fingerprint density at radius 3 is 2.75 bits per heavy atom. The zero-order valence-electron chi connectivity index (χ0n) is 10.8. The SMILES string of the molecule is CNC1C(=O)Nc2cc(Oc3cccc(I)c3)ccc21. The van der Waals surface area contributed by atoms with Crippen LogP contribution < -0.4 is 15.4 Å². The predicted molar refractivity (Wildman–Crippen MR) is 86.1 cm³/mol. The third-order valence-electron chi connectivity index (χ3n) is 3.18. The summed E-state index contributed by atoms with van der Waals surface area (Å²) >= 11 is 2.24. The van der Waals surface area contributed by atoms with Gasteiger partial charge in [0.2, 0.25) is 5.91 Å². The zero-order valence-corrected chi connectivity index (χ0v) is 13.0. The number of carbonyl (C=O) groups excluding carboxylic acids is 1. The second-order valence-electron chi connectivity index (χ2n) is 4.52. The number of fused-ring (bicyclic) bond motifs is 1. The molecule has 1 aliphatic rings. The molecular weight excluding hydrogens is 367 g/mol. The van der Waals surface area contributed by atoms with Crippen molar-refractivity contribution >= 4 is 34.2 Å². The third kappa shape index (κ3) is 2.51. The standard InChI is InChI=1S/C15H13IN2O2/c1-17-14-12-6-5-11(8-13(12)18-15(14)19)20-10-4-2-3-9(16)7-10/h2-8,14,17H,1H3,(H,18,19). The summed E-state index contributed by atoms with van der Waals surface area (Å²) in [7, 11) is 1.77. The summed E-state index contributed by atoms with van der Waals surface area (Å²) in [5, 5.41) is 5.85. The summed E-state index contributed by atoms with van der Waals surface area (Å²) in [4.78, 5) is 11.8. The lowest BCUT2D eigenvalue weighted by Crippen LogP contribution is -2.23. The van der Waals surface area contributed by atoms with Crippen LogP contribution in [0, 0.1) is 3.57 Å². The molecule has 4 nitrogen and oxygen atoms in total. The number of likely N-dealkylation sites (N-methyl/N-ethyl adjacent to an activating group) is 1. The average molecular weight is 380 g/mol. The fourth-order valence-corrected chi connectivity index (χ4v) is 2.77. The number of ether oxygens (including phenoxy) is 1. The first-order valence-electron chi connectivity index (χ1n) is 6.23. The molecule has 0 aliphatic carbocycles. The van der Waals surface area contributed by atoms with E-state index in [-0.39, 0.29) is 11.9 Å². The summed E-state index contributed by atoms with van der Waals surface area (Å²) in [6.45, 7) is 0. The van der Waals surface area contributed by atoms with Gasteiger partial charge in [-0.25, -0.2) is 0 Å². The van der Waals surface area contributed by atoms with Gasteiger partial charge in [0.1, 0.15) is 17.5 Å². The molecule has 5 heteroatoms. The molecule has 1 unspecified atom stereocenters. The molecule has 1 aliphatic heterocycles. The Bertz CT molecular complexity index is 673. The van der Waals surface area contributed by atoms with Crippen molar-refractivity contribution in [3.63, 3.8) is 0 Å². The Labute approximate surface area is 130 Å². The fourth-order valence-electron chi connectivity index (χ4n) is 2.26. The van der Waals surface area contributed by atoms with Crippen LogP contribution >= 0.6 is 22.6 Å². The molecule has 0 bridgehead atoms. The van der Waals surface area contributed by atoms with Crippen LogP contribution in [0.1, 0.15) is 11.6 Å². The molecule has 102 valence electrons. The topological polar surface area (TPSA) is 50.4 Å². The Kier molecular flexibility index (Phi) is 3.62. The van der Waals surface area contributed by atoms with Gasteiger partial charge in [-0.1, -0.05) is 12.1 Å². The van der Waals surface area contributed by atoms with Crippen LogP contribution in [0.2, 0.25) is 0 Å². The maximum absolute atomic E-state index is 11.8. The highest BCUT2D eigenvalue weighted by molar-refractivity contribution is 14.1. The number of carbonyl (C=O) groups is 1. The van der Waals surface area contributed by atoms with Gasteiger partial charge in [-0.2, -0.15) is 0 Å². The van der Waals surface area contributed by atoms with Gasteiger partial charge >= 0.3 is 0 Å². The molecule has 0 radical (unpaired) electrons. The number of rotatable bonds is 3. The highest BCUT2D eigenvalue weighted by Gasteiger charge is 2.29. The van der Waals surface area contributed by atoms with Gasteiger partial charge in [0.25, 0.3) is 0 Å². The van der Waals surface area contributed by atoms with E-state index in [1.54, 1.807) is 7.05 Å². The lowest BCUT2D eigenvalue weighted by atomic mass is 10.1. The van der Waals surface area contributed by atoms with E-state index in [1.807, 2.05) is 42.5 Å². The van der Waals surface area contributed by atoms with Crippen LogP contribution in [0.4, 0.5) is 5.69 Å². The van der Waals surface area contributed by atoms with Gasteiger partial charge in [-0.3, -0.25) is 4.79 Å². The van der Waals surface area contributed by atoms with Gasteiger partial charge in [-0.15, -0.1) is 0 Å². The minimum Gasteiger partial charge on any atom is -0.457 e. The van der Waals surface area contributed by atoms with E-state index in [0.717, 1.165) is 20.6 Å². The molecule has 1 amide bonds. The van der Waals surface area contributed by atoms with Crippen molar-refractivity contribution in [1.29, 1.82) is 0 Å². The lowest BCUT2D eigenvalue weighted by molar-refractivity contribution is -0.117. The second-order valence-corrected chi connectivity index (χ2v) is 5.77. The van der Waals surface area contributed by atoms with Gasteiger partial charge in [0, 0.05) is 20.9 Å². The summed E-state index contributed by atoms with van der Waals surface area (Å²) in [5.41, 5.74) is 1.75. The van der Waals surface area contributed by atoms with E-state index in [0.29, 0.717) is 5.75 Å². The van der Waals surface area contributed by atoms with Crippen molar-refractivity contribution < 1.29 is 9.53 Å². The number of benzene rings is 2. The maximum atomic E-state index is 11.8. The van der Waals surface area contributed by atoms with Crippen LogP contribution in [-0.4, -0.2) is 13.0 Å². The van der Waals surface area contributed by atoms with E-state index < -0.39 is 0 Å². The highest BCUT2D eigenvalue weighted by atomic mass is 127.